The van der Waals surface area contributed by atoms with Crippen LogP contribution in [0, 0.1) is 0 Å². The van der Waals surface area contributed by atoms with Gasteiger partial charge in [-0.3, -0.25) is 4.79 Å². The molecule has 0 atom stereocenters. The lowest BCUT2D eigenvalue weighted by Gasteiger charge is -2.09. The van der Waals surface area contributed by atoms with Crippen molar-refractivity contribution in [3.63, 3.8) is 0 Å². The SMILES string of the molecule is CCCCCOc1ccc(Cn2c(O)c(N=NC(=O)c3ccccc3Cl)c3ccccc32)cc1. The highest BCUT2D eigenvalue weighted by Gasteiger charge is 2.17. The minimum atomic E-state index is -0.573. The summed E-state index contributed by atoms with van der Waals surface area (Å²) in [5.74, 6) is 0.196. The molecule has 6 nitrogen and oxygen atoms in total. The molecular formula is C27H26ClN3O3. The topological polar surface area (TPSA) is 76.2 Å². The Morgan fingerprint density at radius 2 is 1.74 bits per heavy atom. The Kier molecular flexibility index (Phi) is 7.60. The molecule has 0 saturated heterocycles. The van der Waals surface area contributed by atoms with Gasteiger partial charge in [-0.1, -0.05) is 73.8 Å². The average molecular weight is 476 g/mol. The largest absolute Gasteiger partial charge is 0.494 e. The summed E-state index contributed by atoms with van der Waals surface area (Å²) >= 11 is 6.09. The third-order valence-corrected chi connectivity index (χ3v) is 5.87. The molecule has 0 aliphatic heterocycles. The second kappa shape index (κ2) is 11.0. The minimum Gasteiger partial charge on any atom is -0.494 e. The zero-order chi connectivity index (χ0) is 23.9. The molecule has 4 aromatic rings. The van der Waals surface area contributed by atoms with Crippen molar-refractivity contribution >= 4 is 34.1 Å². The molecule has 3 aromatic carbocycles. The third-order valence-electron chi connectivity index (χ3n) is 5.54. The number of nitrogens with zero attached hydrogens (tertiary/aromatic N) is 3. The van der Waals surface area contributed by atoms with Gasteiger partial charge in [0.1, 0.15) is 5.75 Å². The van der Waals surface area contributed by atoms with Crippen LogP contribution in [0.2, 0.25) is 5.02 Å². The lowest BCUT2D eigenvalue weighted by atomic mass is 10.2. The molecule has 0 unspecified atom stereocenters. The van der Waals surface area contributed by atoms with E-state index in [2.05, 4.69) is 17.2 Å². The quantitative estimate of drug-likeness (QED) is 0.200. The van der Waals surface area contributed by atoms with E-state index in [1.165, 1.54) is 0 Å². The van der Waals surface area contributed by atoms with Crippen LogP contribution in [0.25, 0.3) is 10.9 Å². The number of para-hydroxylation sites is 1. The smallest absolute Gasteiger partial charge is 0.296 e. The van der Waals surface area contributed by atoms with Crippen LogP contribution in [0.4, 0.5) is 5.69 Å². The maximum Gasteiger partial charge on any atom is 0.296 e. The summed E-state index contributed by atoms with van der Waals surface area (Å²) in [5, 5.41) is 19.9. The number of azo groups is 1. The van der Waals surface area contributed by atoms with Crippen molar-refractivity contribution in [2.24, 2.45) is 10.2 Å². The van der Waals surface area contributed by atoms with Gasteiger partial charge in [-0.05, 0) is 42.3 Å². The lowest BCUT2D eigenvalue weighted by Crippen LogP contribution is -2.00. The first kappa shape index (κ1) is 23.5. The van der Waals surface area contributed by atoms with Crippen LogP contribution in [0.1, 0.15) is 42.1 Å². The number of aromatic nitrogens is 1. The van der Waals surface area contributed by atoms with Crippen LogP contribution in [0.15, 0.2) is 83.0 Å². The van der Waals surface area contributed by atoms with E-state index in [1.54, 1.807) is 28.8 Å². The maximum absolute atomic E-state index is 12.5. The summed E-state index contributed by atoms with van der Waals surface area (Å²) in [6, 6.07) is 22.0. The van der Waals surface area contributed by atoms with E-state index in [-0.39, 0.29) is 17.1 Å². The number of amides is 1. The van der Waals surface area contributed by atoms with Crippen LogP contribution in [-0.2, 0) is 6.54 Å². The molecule has 0 bridgehead atoms. The molecule has 1 N–H and O–H groups in total. The molecule has 0 radical (unpaired) electrons. The minimum absolute atomic E-state index is 0.0585. The van der Waals surface area contributed by atoms with Crippen molar-refractivity contribution in [2.75, 3.05) is 6.61 Å². The van der Waals surface area contributed by atoms with Crippen molar-refractivity contribution in [1.29, 1.82) is 0 Å². The second-order valence-corrected chi connectivity index (χ2v) is 8.37. The molecule has 0 aliphatic carbocycles. The Morgan fingerprint density at radius 3 is 2.50 bits per heavy atom. The third kappa shape index (κ3) is 5.29. The van der Waals surface area contributed by atoms with Crippen molar-refractivity contribution in [1.82, 2.24) is 4.57 Å². The molecule has 1 heterocycles. The lowest BCUT2D eigenvalue weighted by molar-refractivity contribution is 0.0995. The van der Waals surface area contributed by atoms with Gasteiger partial charge in [0.2, 0.25) is 5.88 Å². The number of fused-ring (bicyclic) bond motifs is 1. The number of benzene rings is 3. The molecule has 34 heavy (non-hydrogen) atoms. The van der Waals surface area contributed by atoms with E-state index < -0.39 is 5.91 Å². The van der Waals surface area contributed by atoms with E-state index in [4.69, 9.17) is 16.3 Å². The normalized spacial score (nSPS) is 11.4. The number of ether oxygens (including phenoxy) is 1. The first-order valence-corrected chi connectivity index (χ1v) is 11.7. The zero-order valence-electron chi connectivity index (χ0n) is 18.9. The first-order valence-electron chi connectivity index (χ1n) is 11.3. The summed E-state index contributed by atoms with van der Waals surface area (Å²) in [7, 11) is 0. The fourth-order valence-corrected chi connectivity index (χ4v) is 3.95. The van der Waals surface area contributed by atoms with Crippen molar-refractivity contribution in [2.45, 2.75) is 32.7 Å². The van der Waals surface area contributed by atoms with Gasteiger partial charge < -0.3 is 14.4 Å². The number of halogens is 1. The van der Waals surface area contributed by atoms with Crippen LogP contribution in [-0.4, -0.2) is 22.2 Å². The van der Waals surface area contributed by atoms with Crippen molar-refractivity contribution < 1.29 is 14.6 Å². The van der Waals surface area contributed by atoms with E-state index in [0.29, 0.717) is 23.6 Å². The molecule has 7 heteroatoms. The number of unbranched alkanes of at least 4 members (excludes halogenated alkanes) is 2. The van der Waals surface area contributed by atoms with Crippen LogP contribution < -0.4 is 4.74 Å². The van der Waals surface area contributed by atoms with Crippen molar-refractivity contribution in [3.05, 3.63) is 88.9 Å². The molecule has 0 saturated carbocycles. The first-order chi connectivity index (χ1) is 16.6. The Balaban J connectivity index is 1.57. The number of hydrogen-bond donors (Lipinski definition) is 1. The monoisotopic (exact) mass is 475 g/mol. The van der Waals surface area contributed by atoms with Gasteiger partial charge in [0.25, 0.3) is 5.91 Å². The zero-order valence-corrected chi connectivity index (χ0v) is 19.7. The highest BCUT2D eigenvalue weighted by Crippen LogP contribution is 2.39. The van der Waals surface area contributed by atoms with E-state index >= 15 is 0 Å². The molecular weight excluding hydrogens is 450 g/mol. The van der Waals surface area contributed by atoms with E-state index in [9.17, 15) is 9.90 Å². The van der Waals surface area contributed by atoms with Gasteiger partial charge in [0.05, 0.1) is 29.3 Å². The van der Waals surface area contributed by atoms with Gasteiger partial charge in [-0.25, -0.2) is 0 Å². The molecule has 0 aliphatic rings. The van der Waals surface area contributed by atoms with E-state index in [1.807, 2.05) is 48.5 Å². The number of carbonyl (C=O) groups is 1. The Hall–Kier alpha value is -3.64. The van der Waals surface area contributed by atoms with E-state index in [0.717, 1.165) is 36.1 Å². The highest BCUT2D eigenvalue weighted by atomic mass is 35.5. The number of aromatic hydroxyl groups is 1. The summed E-state index contributed by atoms with van der Waals surface area (Å²) in [5.41, 5.74) is 2.28. The van der Waals surface area contributed by atoms with Crippen LogP contribution in [0.3, 0.4) is 0 Å². The number of hydrogen-bond acceptors (Lipinski definition) is 4. The fourth-order valence-electron chi connectivity index (χ4n) is 3.73. The Labute approximate surface area is 203 Å². The Bertz CT molecular complexity index is 1310. The van der Waals surface area contributed by atoms with Gasteiger partial charge in [0, 0.05) is 5.39 Å². The number of carbonyl (C=O) groups excluding carboxylic acids is 1. The molecule has 1 amide bonds. The fraction of sp³-hybridized carbons (Fsp3) is 0.222. The summed E-state index contributed by atoms with van der Waals surface area (Å²) in [4.78, 5) is 12.5. The average Bonchev–Trinajstić information content (AvgIpc) is 3.12. The highest BCUT2D eigenvalue weighted by molar-refractivity contribution is 6.33. The number of rotatable bonds is 9. The molecule has 174 valence electrons. The standard InChI is InChI=1S/C27H26ClN3O3/c1-2-3-8-17-34-20-15-13-19(14-16-20)18-31-24-12-7-5-10-22(24)25(27(31)33)29-30-26(32)21-9-4-6-11-23(21)28/h4-7,9-16,33H,2-3,8,17-18H2,1H3. The van der Waals surface area contributed by atoms with Crippen LogP contribution >= 0.6 is 11.6 Å². The summed E-state index contributed by atoms with van der Waals surface area (Å²) < 4.78 is 7.54. The second-order valence-electron chi connectivity index (χ2n) is 7.96. The molecule has 4 rings (SSSR count). The molecule has 0 fully saturated rings. The van der Waals surface area contributed by atoms with Gasteiger partial charge in [-0.15, -0.1) is 10.2 Å². The summed E-state index contributed by atoms with van der Waals surface area (Å²) in [6.07, 6.45) is 3.35. The predicted octanol–water partition coefficient (Wildman–Crippen LogP) is 7.54. The molecule has 1 aromatic heterocycles. The Morgan fingerprint density at radius 1 is 1.00 bits per heavy atom. The molecule has 0 spiro atoms. The predicted molar refractivity (Wildman–Crippen MR) is 134 cm³/mol. The summed E-state index contributed by atoms with van der Waals surface area (Å²) in [6.45, 7) is 3.30. The van der Waals surface area contributed by atoms with Gasteiger partial charge in [0.15, 0.2) is 5.69 Å². The van der Waals surface area contributed by atoms with Crippen LogP contribution in [0.5, 0.6) is 11.6 Å². The van der Waals surface area contributed by atoms with Gasteiger partial charge >= 0.3 is 0 Å². The maximum atomic E-state index is 12.5. The van der Waals surface area contributed by atoms with Crippen molar-refractivity contribution in [3.8, 4) is 11.6 Å². The van der Waals surface area contributed by atoms with Gasteiger partial charge in [-0.2, -0.15) is 0 Å².